The van der Waals surface area contributed by atoms with Crippen LogP contribution in [-0.4, -0.2) is 35.2 Å². The van der Waals surface area contributed by atoms with Gasteiger partial charge in [0.25, 0.3) is 11.1 Å². The smallest absolute Gasteiger partial charge is 0.328 e. The molecule has 1 aliphatic heterocycles. The second kappa shape index (κ2) is 6.09. The molecular formula is C14H12FNO4S. The topological polar surface area (TPSA) is 63.7 Å². The third-order valence-corrected chi connectivity index (χ3v) is 3.83. The molecule has 2 rings (SSSR count). The van der Waals surface area contributed by atoms with Crippen LogP contribution in [-0.2, 0) is 14.3 Å². The predicted molar refractivity (Wildman–Crippen MR) is 75.7 cm³/mol. The Balaban J connectivity index is 2.30. The summed E-state index contributed by atoms with van der Waals surface area (Å²) in [4.78, 5) is 36.4. The van der Waals surface area contributed by atoms with Crippen molar-refractivity contribution in [1.82, 2.24) is 4.90 Å². The highest BCUT2D eigenvalue weighted by atomic mass is 32.2. The number of carbonyl (C=O) groups excluding carboxylic acids is 3. The van der Waals surface area contributed by atoms with Gasteiger partial charge in [-0.2, -0.15) is 0 Å². The Bertz CT molecular complexity index is 644. The Kier molecular flexibility index (Phi) is 4.42. The van der Waals surface area contributed by atoms with Gasteiger partial charge in [0.15, 0.2) is 0 Å². The van der Waals surface area contributed by atoms with Crippen LogP contribution in [0.1, 0.15) is 12.5 Å². The molecule has 2 amide bonds. The number of ether oxygens (including phenoxy) is 1. The molecule has 0 N–H and O–H groups in total. The average molecular weight is 309 g/mol. The molecule has 1 fully saturated rings. The maximum Gasteiger partial charge on any atom is 0.328 e. The number of thioether (sulfide) groups is 1. The minimum absolute atomic E-state index is 0.0702. The lowest BCUT2D eigenvalue weighted by atomic mass is 10.2. The lowest BCUT2D eigenvalue weighted by Crippen LogP contribution is -2.42. The van der Waals surface area contributed by atoms with E-state index in [1.54, 1.807) is 6.07 Å². The number of rotatable bonds is 3. The lowest BCUT2D eigenvalue weighted by molar-refractivity contribution is -0.148. The lowest BCUT2D eigenvalue weighted by Gasteiger charge is -2.18. The Morgan fingerprint density at radius 1 is 1.38 bits per heavy atom. The van der Waals surface area contributed by atoms with E-state index in [1.165, 1.54) is 38.3 Å². The third kappa shape index (κ3) is 2.97. The normalized spacial score (nSPS) is 18.2. The monoisotopic (exact) mass is 309 g/mol. The van der Waals surface area contributed by atoms with E-state index in [1.807, 2.05) is 0 Å². The number of esters is 1. The van der Waals surface area contributed by atoms with Gasteiger partial charge < -0.3 is 4.74 Å². The van der Waals surface area contributed by atoms with Crippen molar-refractivity contribution in [1.29, 1.82) is 0 Å². The van der Waals surface area contributed by atoms with Gasteiger partial charge in [-0.05, 0) is 30.8 Å². The maximum absolute atomic E-state index is 13.6. The molecule has 0 aliphatic carbocycles. The van der Waals surface area contributed by atoms with E-state index in [0.29, 0.717) is 11.8 Å². The molecule has 1 heterocycles. The molecule has 110 valence electrons. The largest absolute Gasteiger partial charge is 0.467 e. The molecule has 0 radical (unpaired) electrons. The van der Waals surface area contributed by atoms with Crippen LogP contribution in [0.4, 0.5) is 9.18 Å². The molecule has 1 atom stereocenters. The molecule has 21 heavy (non-hydrogen) atoms. The van der Waals surface area contributed by atoms with Gasteiger partial charge in [0.05, 0.1) is 12.0 Å². The summed E-state index contributed by atoms with van der Waals surface area (Å²) >= 11 is 0.666. The van der Waals surface area contributed by atoms with Gasteiger partial charge in [-0.15, -0.1) is 0 Å². The van der Waals surface area contributed by atoms with E-state index in [0.717, 1.165) is 4.90 Å². The van der Waals surface area contributed by atoms with Crippen LogP contribution < -0.4 is 0 Å². The van der Waals surface area contributed by atoms with E-state index in [2.05, 4.69) is 4.74 Å². The summed E-state index contributed by atoms with van der Waals surface area (Å²) in [6, 6.07) is 4.88. The van der Waals surface area contributed by atoms with Crippen molar-refractivity contribution < 1.29 is 23.5 Å². The number of nitrogens with zero attached hydrogens (tertiary/aromatic N) is 1. The minimum Gasteiger partial charge on any atom is -0.467 e. The van der Waals surface area contributed by atoms with Gasteiger partial charge in [0.2, 0.25) is 0 Å². The minimum atomic E-state index is -1.02. The number of methoxy groups -OCH3 is 1. The van der Waals surface area contributed by atoms with Crippen molar-refractivity contribution in [3.05, 3.63) is 40.6 Å². The van der Waals surface area contributed by atoms with Crippen molar-refractivity contribution >= 4 is 35.0 Å². The van der Waals surface area contributed by atoms with Crippen LogP contribution in [0.3, 0.4) is 0 Å². The van der Waals surface area contributed by atoms with Crippen LogP contribution >= 0.6 is 11.8 Å². The molecule has 0 unspecified atom stereocenters. The standard InChI is InChI=1S/C14H12FNO4S/c1-8(13(18)20-2)16-12(17)11(21-14(16)19)7-9-5-3-4-6-10(9)15/h3-8H,1-2H3/b11-7-/t8-/m0/s1. The quantitative estimate of drug-likeness (QED) is 0.634. The summed E-state index contributed by atoms with van der Waals surface area (Å²) in [6.07, 6.45) is 1.30. The van der Waals surface area contributed by atoms with Crippen molar-refractivity contribution in [3.8, 4) is 0 Å². The molecule has 0 bridgehead atoms. The van der Waals surface area contributed by atoms with E-state index in [4.69, 9.17) is 0 Å². The molecule has 0 saturated carbocycles. The average Bonchev–Trinajstić information content (AvgIpc) is 2.74. The summed E-state index contributed by atoms with van der Waals surface area (Å²) in [6.45, 7) is 1.40. The number of carbonyl (C=O) groups is 3. The van der Waals surface area contributed by atoms with Crippen molar-refractivity contribution in [3.63, 3.8) is 0 Å². The third-order valence-electron chi connectivity index (χ3n) is 2.94. The summed E-state index contributed by atoms with van der Waals surface area (Å²) in [5.41, 5.74) is 0.203. The molecule has 1 saturated heterocycles. The summed E-state index contributed by atoms with van der Waals surface area (Å²) < 4.78 is 18.1. The number of hydrogen-bond donors (Lipinski definition) is 0. The zero-order chi connectivity index (χ0) is 15.6. The molecule has 1 aliphatic rings. The highest BCUT2D eigenvalue weighted by molar-refractivity contribution is 8.18. The van der Waals surface area contributed by atoms with Crippen LogP contribution in [0.25, 0.3) is 6.08 Å². The van der Waals surface area contributed by atoms with Gasteiger partial charge in [-0.3, -0.25) is 14.5 Å². The number of benzene rings is 1. The van der Waals surface area contributed by atoms with Crippen molar-refractivity contribution in [2.24, 2.45) is 0 Å². The summed E-state index contributed by atoms with van der Waals surface area (Å²) in [5, 5.41) is -0.583. The Morgan fingerprint density at radius 2 is 2.05 bits per heavy atom. The van der Waals surface area contributed by atoms with E-state index < -0.39 is 29.0 Å². The molecule has 5 nitrogen and oxygen atoms in total. The zero-order valence-electron chi connectivity index (χ0n) is 11.3. The predicted octanol–water partition coefficient (Wildman–Crippen LogP) is 2.42. The molecule has 1 aromatic rings. The van der Waals surface area contributed by atoms with Crippen LogP contribution in [0.2, 0.25) is 0 Å². The van der Waals surface area contributed by atoms with Gasteiger partial charge in [-0.25, -0.2) is 9.18 Å². The van der Waals surface area contributed by atoms with E-state index in [9.17, 15) is 18.8 Å². The van der Waals surface area contributed by atoms with Crippen molar-refractivity contribution in [2.75, 3.05) is 7.11 Å². The highest BCUT2D eigenvalue weighted by Crippen LogP contribution is 2.34. The maximum atomic E-state index is 13.6. The Morgan fingerprint density at radius 3 is 2.67 bits per heavy atom. The number of hydrogen-bond acceptors (Lipinski definition) is 5. The second-order valence-electron chi connectivity index (χ2n) is 4.27. The van der Waals surface area contributed by atoms with Gasteiger partial charge in [0.1, 0.15) is 11.9 Å². The van der Waals surface area contributed by atoms with E-state index >= 15 is 0 Å². The Hall–Kier alpha value is -2.15. The first kappa shape index (κ1) is 15.2. The first-order chi connectivity index (χ1) is 9.95. The number of halogens is 1. The highest BCUT2D eigenvalue weighted by Gasteiger charge is 2.41. The van der Waals surface area contributed by atoms with Gasteiger partial charge >= 0.3 is 5.97 Å². The van der Waals surface area contributed by atoms with Gasteiger partial charge in [0, 0.05) is 5.56 Å². The molecule has 0 spiro atoms. The van der Waals surface area contributed by atoms with E-state index in [-0.39, 0.29) is 10.5 Å². The molecular weight excluding hydrogens is 297 g/mol. The zero-order valence-corrected chi connectivity index (χ0v) is 12.1. The summed E-state index contributed by atoms with van der Waals surface area (Å²) in [5.74, 6) is -1.82. The van der Waals surface area contributed by atoms with Crippen LogP contribution in [0, 0.1) is 5.82 Å². The fourth-order valence-electron chi connectivity index (χ4n) is 1.82. The second-order valence-corrected chi connectivity index (χ2v) is 5.27. The van der Waals surface area contributed by atoms with Crippen LogP contribution in [0.15, 0.2) is 29.2 Å². The van der Waals surface area contributed by atoms with Crippen molar-refractivity contribution in [2.45, 2.75) is 13.0 Å². The number of amides is 2. The fraction of sp³-hybridized carbons (Fsp3) is 0.214. The first-order valence-electron chi connectivity index (χ1n) is 6.05. The molecule has 0 aromatic heterocycles. The molecule has 7 heteroatoms. The Labute approximate surface area is 124 Å². The van der Waals surface area contributed by atoms with Gasteiger partial charge in [-0.1, -0.05) is 18.2 Å². The molecule has 1 aromatic carbocycles. The van der Waals surface area contributed by atoms with Crippen LogP contribution in [0.5, 0.6) is 0 Å². The fourth-order valence-corrected chi connectivity index (χ4v) is 2.72. The first-order valence-corrected chi connectivity index (χ1v) is 6.86. The summed E-state index contributed by atoms with van der Waals surface area (Å²) in [7, 11) is 1.17. The SMILES string of the molecule is COC(=O)[C@H](C)N1C(=O)S/C(=C\c2ccccc2F)C1=O. The number of imide groups is 1.